The number of aliphatic hydroxyl groups is 1. The van der Waals surface area contributed by atoms with Crippen LogP contribution < -0.4 is 0 Å². The quantitative estimate of drug-likeness (QED) is 0.829. The fourth-order valence-corrected chi connectivity index (χ4v) is 2.71. The summed E-state index contributed by atoms with van der Waals surface area (Å²) in [6, 6.07) is 3.85. The Morgan fingerprint density at radius 1 is 1.67 bits per heavy atom. The first-order chi connectivity index (χ1) is 7.20. The van der Waals surface area contributed by atoms with E-state index < -0.39 is 0 Å². The van der Waals surface area contributed by atoms with Gasteiger partial charge in [-0.3, -0.25) is 4.79 Å². The Hall–Kier alpha value is -0.870. The maximum Gasteiger partial charge on any atom is 0.263 e. The minimum atomic E-state index is 0.115. The fourth-order valence-electron chi connectivity index (χ4n) is 1.87. The number of rotatable bonds is 2. The SMILES string of the molecule is Cc1ccc(C(=O)N2CC[C@H](CO)C2)s1. The molecule has 0 unspecified atom stereocenters. The van der Waals surface area contributed by atoms with Gasteiger partial charge >= 0.3 is 0 Å². The topological polar surface area (TPSA) is 40.5 Å². The van der Waals surface area contributed by atoms with Crippen molar-refractivity contribution >= 4 is 17.2 Å². The second-order valence-electron chi connectivity index (χ2n) is 4.00. The summed E-state index contributed by atoms with van der Waals surface area (Å²) in [5.74, 6) is 0.388. The molecule has 1 amide bonds. The molecule has 0 radical (unpaired) electrons. The maximum absolute atomic E-state index is 12.0. The molecule has 2 heterocycles. The Balaban J connectivity index is 2.03. The predicted octanol–water partition coefficient (Wildman–Crippen LogP) is 1.51. The predicted molar refractivity (Wildman–Crippen MR) is 60.2 cm³/mol. The molecule has 1 aliphatic heterocycles. The van der Waals surface area contributed by atoms with Gasteiger partial charge in [-0.05, 0) is 25.5 Å². The van der Waals surface area contributed by atoms with E-state index >= 15 is 0 Å². The number of thiophene rings is 1. The molecular formula is C11H15NO2S. The van der Waals surface area contributed by atoms with E-state index in [9.17, 15) is 4.79 Å². The highest BCUT2D eigenvalue weighted by Gasteiger charge is 2.26. The van der Waals surface area contributed by atoms with Gasteiger partial charge in [0.15, 0.2) is 0 Å². The third-order valence-electron chi connectivity index (χ3n) is 2.78. The van der Waals surface area contributed by atoms with E-state index in [1.165, 1.54) is 11.3 Å². The van der Waals surface area contributed by atoms with Crippen LogP contribution in [0.25, 0.3) is 0 Å². The molecule has 1 aromatic heterocycles. The van der Waals surface area contributed by atoms with Crippen LogP contribution in [-0.2, 0) is 0 Å². The molecule has 1 fully saturated rings. The lowest BCUT2D eigenvalue weighted by molar-refractivity contribution is 0.0786. The summed E-state index contributed by atoms with van der Waals surface area (Å²) < 4.78 is 0. The molecule has 1 aromatic rings. The molecule has 1 N–H and O–H groups in total. The molecule has 0 spiro atoms. The standard InChI is InChI=1S/C11H15NO2S/c1-8-2-3-10(15-8)11(14)12-5-4-9(6-12)7-13/h2-3,9,13H,4-7H2,1H3/t9-/m0/s1. The van der Waals surface area contributed by atoms with E-state index in [1.54, 1.807) is 0 Å². The lowest BCUT2D eigenvalue weighted by atomic mass is 10.1. The summed E-state index contributed by atoms with van der Waals surface area (Å²) in [5.41, 5.74) is 0. The van der Waals surface area contributed by atoms with Crippen molar-refractivity contribution < 1.29 is 9.90 Å². The zero-order chi connectivity index (χ0) is 10.8. The number of hydrogen-bond acceptors (Lipinski definition) is 3. The smallest absolute Gasteiger partial charge is 0.263 e. The van der Waals surface area contributed by atoms with Gasteiger partial charge < -0.3 is 10.0 Å². The Morgan fingerprint density at radius 3 is 3.00 bits per heavy atom. The van der Waals surface area contributed by atoms with Crippen molar-refractivity contribution in [1.82, 2.24) is 4.90 Å². The van der Waals surface area contributed by atoms with E-state index in [0.717, 1.165) is 22.7 Å². The van der Waals surface area contributed by atoms with Gasteiger partial charge in [0.1, 0.15) is 0 Å². The maximum atomic E-state index is 12.0. The van der Waals surface area contributed by atoms with E-state index in [-0.39, 0.29) is 18.4 Å². The molecule has 0 aromatic carbocycles. The molecule has 0 bridgehead atoms. The summed E-state index contributed by atoms with van der Waals surface area (Å²) in [6.45, 7) is 3.67. The summed E-state index contributed by atoms with van der Waals surface area (Å²) in [7, 11) is 0. The number of likely N-dealkylation sites (tertiary alicyclic amines) is 1. The molecule has 3 nitrogen and oxygen atoms in total. The van der Waals surface area contributed by atoms with Crippen LogP contribution in [0.1, 0.15) is 21.0 Å². The Kier molecular flexibility index (Phi) is 3.07. The fraction of sp³-hybridized carbons (Fsp3) is 0.545. The van der Waals surface area contributed by atoms with Crippen LogP contribution in [0.2, 0.25) is 0 Å². The van der Waals surface area contributed by atoms with Crippen molar-refractivity contribution in [1.29, 1.82) is 0 Å². The van der Waals surface area contributed by atoms with Gasteiger partial charge in [0.25, 0.3) is 5.91 Å². The average molecular weight is 225 g/mol. The number of aryl methyl sites for hydroxylation is 1. The lowest BCUT2D eigenvalue weighted by Crippen LogP contribution is -2.28. The van der Waals surface area contributed by atoms with E-state index in [1.807, 2.05) is 24.0 Å². The number of aliphatic hydroxyl groups excluding tert-OH is 1. The molecule has 0 saturated carbocycles. The van der Waals surface area contributed by atoms with Crippen molar-refractivity contribution in [3.63, 3.8) is 0 Å². The van der Waals surface area contributed by atoms with Crippen LogP contribution in [0, 0.1) is 12.8 Å². The summed E-state index contributed by atoms with van der Waals surface area (Å²) in [6.07, 6.45) is 0.923. The van der Waals surface area contributed by atoms with Crippen LogP contribution in [0.4, 0.5) is 0 Å². The molecule has 15 heavy (non-hydrogen) atoms. The molecule has 2 rings (SSSR count). The van der Waals surface area contributed by atoms with Gasteiger partial charge in [-0.25, -0.2) is 0 Å². The van der Waals surface area contributed by atoms with Crippen LogP contribution in [0.3, 0.4) is 0 Å². The number of carbonyl (C=O) groups is 1. The highest BCUT2D eigenvalue weighted by molar-refractivity contribution is 7.13. The Labute approximate surface area is 93.3 Å². The summed E-state index contributed by atoms with van der Waals surface area (Å²) in [5, 5.41) is 9.00. The average Bonchev–Trinajstić information content (AvgIpc) is 2.84. The molecule has 1 aliphatic rings. The first-order valence-corrected chi connectivity index (χ1v) is 5.99. The van der Waals surface area contributed by atoms with Gasteiger partial charge in [-0.1, -0.05) is 0 Å². The Bertz CT molecular complexity index is 361. The van der Waals surface area contributed by atoms with Crippen molar-refractivity contribution in [3.8, 4) is 0 Å². The second-order valence-corrected chi connectivity index (χ2v) is 5.29. The van der Waals surface area contributed by atoms with Gasteiger partial charge in [0.2, 0.25) is 0 Å². The van der Waals surface area contributed by atoms with Gasteiger partial charge in [0.05, 0.1) is 4.88 Å². The minimum Gasteiger partial charge on any atom is -0.396 e. The van der Waals surface area contributed by atoms with Crippen LogP contribution in [-0.4, -0.2) is 35.6 Å². The zero-order valence-electron chi connectivity index (χ0n) is 8.77. The molecular weight excluding hydrogens is 210 g/mol. The van der Waals surface area contributed by atoms with Crippen LogP contribution in [0.15, 0.2) is 12.1 Å². The third kappa shape index (κ3) is 2.21. The van der Waals surface area contributed by atoms with E-state index in [2.05, 4.69) is 0 Å². The largest absolute Gasteiger partial charge is 0.396 e. The summed E-state index contributed by atoms with van der Waals surface area (Å²) in [4.78, 5) is 15.8. The minimum absolute atomic E-state index is 0.115. The van der Waals surface area contributed by atoms with Crippen LogP contribution in [0.5, 0.6) is 0 Å². The second kappa shape index (κ2) is 4.33. The van der Waals surface area contributed by atoms with Crippen molar-refractivity contribution in [3.05, 3.63) is 21.9 Å². The Morgan fingerprint density at radius 2 is 2.47 bits per heavy atom. The first-order valence-electron chi connectivity index (χ1n) is 5.17. The molecule has 1 atom stereocenters. The van der Waals surface area contributed by atoms with E-state index in [4.69, 9.17) is 5.11 Å². The van der Waals surface area contributed by atoms with Crippen molar-refractivity contribution in [2.24, 2.45) is 5.92 Å². The zero-order valence-corrected chi connectivity index (χ0v) is 9.59. The molecule has 82 valence electrons. The van der Waals surface area contributed by atoms with Crippen molar-refractivity contribution in [2.75, 3.05) is 19.7 Å². The summed E-state index contributed by atoms with van der Waals surface area (Å²) >= 11 is 1.54. The highest BCUT2D eigenvalue weighted by atomic mass is 32.1. The number of carbonyl (C=O) groups excluding carboxylic acids is 1. The van der Waals surface area contributed by atoms with Crippen molar-refractivity contribution in [2.45, 2.75) is 13.3 Å². The molecule has 4 heteroatoms. The number of amides is 1. The monoisotopic (exact) mass is 225 g/mol. The number of nitrogens with zero attached hydrogens (tertiary/aromatic N) is 1. The molecule has 0 aliphatic carbocycles. The third-order valence-corrected chi connectivity index (χ3v) is 3.77. The van der Waals surface area contributed by atoms with Gasteiger partial charge in [-0.2, -0.15) is 0 Å². The highest BCUT2D eigenvalue weighted by Crippen LogP contribution is 2.22. The van der Waals surface area contributed by atoms with Gasteiger partial charge in [0, 0.05) is 30.5 Å². The first kappa shape index (κ1) is 10.6. The molecule has 1 saturated heterocycles. The lowest BCUT2D eigenvalue weighted by Gasteiger charge is -2.14. The number of hydrogen-bond donors (Lipinski definition) is 1. The van der Waals surface area contributed by atoms with E-state index in [0.29, 0.717) is 6.54 Å². The van der Waals surface area contributed by atoms with Crippen LogP contribution >= 0.6 is 11.3 Å². The van der Waals surface area contributed by atoms with Gasteiger partial charge in [-0.15, -0.1) is 11.3 Å². The normalized spacial score (nSPS) is 20.9.